The van der Waals surface area contributed by atoms with Crippen molar-refractivity contribution in [2.75, 3.05) is 38.6 Å². The van der Waals surface area contributed by atoms with Crippen LogP contribution in [-0.2, 0) is 9.59 Å². The Morgan fingerprint density at radius 3 is 2.25 bits per heavy atom. The molecule has 0 saturated carbocycles. The smallest absolute Gasteiger partial charge is 0.227 e. The average molecular weight is 388 g/mol. The lowest BCUT2D eigenvalue weighted by Gasteiger charge is -2.41. The van der Waals surface area contributed by atoms with Crippen LogP contribution in [0.1, 0.15) is 45.4 Å². The van der Waals surface area contributed by atoms with Crippen LogP contribution in [0.5, 0.6) is 5.75 Å². The molecule has 6 heteroatoms. The molecule has 0 unspecified atom stereocenters. The molecule has 6 nitrogen and oxygen atoms in total. The topological polar surface area (TPSA) is 61.9 Å². The summed E-state index contributed by atoms with van der Waals surface area (Å²) in [4.78, 5) is 29.2. The van der Waals surface area contributed by atoms with Crippen molar-refractivity contribution < 1.29 is 14.3 Å². The number of hydrogen-bond acceptors (Lipinski definition) is 4. The van der Waals surface area contributed by atoms with Crippen molar-refractivity contribution >= 4 is 17.5 Å². The van der Waals surface area contributed by atoms with E-state index in [1.807, 2.05) is 29.2 Å². The number of nitrogens with one attached hydrogen (secondary N) is 1. The predicted octanol–water partition coefficient (Wildman–Crippen LogP) is 3.14. The van der Waals surface area contributed by atoms with Gasteiger partial charge in [0.1, 0.15) is 5.75 Å². The molecule has 0 spiro atoms. The molecule has 0 aromatic heterocycles. The van der Waals surface area contributed by atoms with E-state index in [4.69, 9.17) is 4.74 Å². The van der Waals surface area contributed by atoms with Crippen molar-refractivity contribution in [1.82, 2.24) is 9.80 Å². The third-order valence-electron chi connectivity index (χ3n) is 6.06. The highest BCUT2D eigenvalue weighted by molar-refractivity contribution is 5.92. The zero-order valence-corrected chi connectivity index (χ0v) is 17.2. The number of rotatable bonds is 6. The van der Waals surface area contributed by atoms with E-state index in [1.165, 1.54) is 0 Å². The molecule has 1 N–H and O–H groups in total. The molecule has 1 aromatic rings. The lowest BCUT2D eigenvalue weighted by Crippen LogP contribution is -2.49. The third kappa shape index (κ3) is 5.25. The normalized spacial score (nSPS) is 19.4. The quantitative estimate of drug-likeness (QED) is 0.815. The number of carbonyl (C=O) groups excluding carboxylic acids is 2. The fourth-order valence-electron chi connectivity index (χ4n) is 4.30. The van der Waals surface area contributed by atoms with Crippen molar-refractivity contribution in [3.63, 3.8) is 0 Å². The number of nitrogens with zero attached hydrogens (tertiary/aromatic N) is 2. The number of hydrogen-bond donors (Lipinski definition) is 1. The first-order chi connectivity index (χ1) is 13.6. The van der Waals surface area contributed by atoms with Gasteiger partial charge in [-0.05, 0) is 69.5 Å². The first kappa shape index (κ1) is 20.6. The van der Waals surface area contributed by atoms with Crippen LogP contribution in [0.2, 0.25) is 0 Å². The summed E-state index contributed by atoms with van der Waals surface area (Å²) in [6.45, 7) is 5.74. The van der Waals surface area contributed by atoms with Crippen LogP contribution in [0.3, 0.4) is 0 Å². The zero-order valence-electron chi connectivity index (χ0n) is 17.2. The average Bonchev–Trinajstić information content (AvgIpc) is 2.74. The van der Waals surface area contributed by atoms with Gasteiger partial charge < -0.3 is 19.9 Å². The van der Waals surface area contributed by atoms with Crippen LogP contribution in [0.25, 0.3) is 0 Å². The number of carbonyl (C=O) groups is 2. The molecule has 3 rings (SSSR count). The maximum absolute atomic E-state index is 12.6. The van der Waals surface area contributed by atoms with Gasteiger partial charge in [-0.2, -0.15) is 0 Å². The molecular formula is C22H33N3O3. The highest BCUT2D eigenvalue weighted by Gasteiger charge is 2.31. The molecule has 0 aliphatic carbocycles. The molecule has 2 aliphatic rings. The maximum atomic E-state index is 12.6. The van der Waals surface area contributed by atoms with Crippen LogP contribution in [0.4, 0.5) is 5.69 Å². The molecule has 2 fully saturated rings. The van der Waals surface area contributed by atoms with E-state index in [1.54, 1.807) is 7.11 Å². The largest absolute Gasteiger partial charge is 0.497 e. The second-order valence-electron chi connectivity index (χ2n) is 7.89. The lowest BCUT2D eigenvalue weighted by molar-refractivity contribution is -0.133. The molecule has 2 saturated heterocycles. The monoisotopic (exact) mass is 387 g/mol. The van der Waals surface area contributed by atoms with Gasteiger partial charge in [0.05, 0.1) is 7.11 Å². The van der Waals surface area contributed by atoms with E-state index in [0.29, 0.717) is 18.4 Å². The van der Waals surface area contributed by atoms with Crippen LogP contribution in [0.15, 0.2) is 24.3 Å². The number of methoxy groups -OCH3 is 1. The van der Waals surface area contributed by atoms with E-state index in [-0.39, 0.29) is 11.8 Å². The van der Waals surface area contributed by atoms with Crippen molar-refractivity contribution in [1.29, 1.82) is 0 Å². The molecule has 154 valence electrons. The summed E-state index contributed by atoms with van der Waals surface area (Å²) >= 11 is 0. The predicted molar refractivity (Wildman–Crippen MR) is 110 cm³/mol. The Morgan fingerprint density at radius 1 is 1.04 bits per heavy atom. The Kier molecular flexibility index (Phi) is 7.31. The highest BCUT2D eigenvalue weighted by atomic mass is 16.5. The fraction of sp³-hybridized carbons (Fsp3) is 0.636. The Morgan fingerprint density at radius 2 is 1.68 bits per heavy atom. The molecule has 1 aromatic carbocycles. The van der Waals surface area contributed by atoms with Gasteiger partial charge >= 0.3 is 0 Å². The molecule has 2 heterocycles. The van der Waals surface area contributed by atoms with E-state index >= 15 is 0 Å². The molecule has 0 radical (unpaired) electrons. The summed E-state index contributed by atoms with van der Waals surface area (Å²) in [5.74, 6) is 1.28. The maximum Gasteiger partial charge on any atom is 0.227 e. The Hall–Kier alpha value is -2.08. The minimum Gasteiger partial charge on any atom is -0.497 e. The first-order valence-corrected chi connectivity index (χ1v) is 10.6. The van der Waals surface area contributed by atoms with E-state index in [9.17, 15) is 9.59 Å². The summed E-state index contributed by atoms with van der Waals surface area (Å²) in [7, 11) is 1.63. The van der Waals surface area contributed by atoms with E-state index < -0.39 is 0 Å². The third-order valence-corrected chi connectivity index (χ3v) is 6.06. The summed E-state index contributed by atoms with van der Waals surface area (Å²) in [5, 5.41) is 3.03. The molecule has 0 atom stereocenters. The molecular weight excluding hydrogens is 354 g/mol. The molecule has 28 heavy (non-hydrogen) atoms. The van der Waals surface area contributed by atoms with Crippen molar-refractivity contribution in [2.24, 2.45) is 5.92 Å². The molecule has 2 aliphatic heterocycles. The fourth-order valence-corrected chi connectivity index (χ4v) is 4.30. The number of benzene rings is 1. The van der Waals surface area contributed by atoms with Gasteiger partial charge in [-0.25, -0.2) is 0 Å². The highest BCUT2D eigenvalue weighted by Crippen LogP contribution is 2.25. The second-order valence-corrected chi connectivity index (χ2v) is 7.89. The summed E-state index contributed by atoms with van der Waals surface area (Å²) in [6, 6.07) is 8.02. The van der Waals surface area contributed by atoms with Gasteiger partial charge in [-0.15, -0.1) is 0 Å². The standard InChI is InChI=1S/C22H33N3O3/c1-3-4-21(26)25-15-11-19(12-16-25)24-13-9-17(10-14-24)22(27)23-18-5-7-20(28-2)8-6-18/h5-8,17,19H,3-4,9-16H2,1-2H3,(H,23,27). The summed E-state index contributed by atoms with van der Waals surface area (Å²) in [5.41, 5.74) is 0.817. The molecule has 2 amide bonds. The van der Waals surface area contributed by atoms with Crippen molar-refractivity contribution in [2.45, 2.75) is 51.5 Å². The first-order valence-electron chi connectivity index (χ1n) is 10.6. The molecule has 0 bridgehead atoms. The van der Waals surface area contributed by atoms with Crippen molar-refractivity contribution in [3.05, 3.63) is 24.3 Å². The number of anilines is 1. The van der Waals surface area contributed by atoms with Gasteiger partial charge in [0, 0.05) is 37.2 Å². The zero-order chi connectivity index (χ0) is 19.9. The van der Waals surface area contributed by atoms with Crippen LogP contribution < -0.4 is 10.1 Å². The minimum absolute atomic E-state index is 0.0737. The van der Waals surface area contributed by atoms with Gasteiger partial charge in [0.2, 0.25) is 11.8 Å². The van der Waals surface area contributed by atoms with Crippen LogP contribution in [-0.4, -0.2) is 60.9 Å². The Bertz CT molecular complexity index is 645. The van der Waals surface area contributed by atoms with Gasteiger partial charge in [0.25, 0.3) is 0 Å². The Balaban J connectivity index is 1.41. The number of ether oxygens (including phenoxy) is 1. The van der Waals surface area contributed by atoms with E-state index in [0.717, 1.165) is 69.7 Å². The summed E-state index contributed by atoms with van der Waals surface area (Å²) < 4.78 is 5.15. The number of likely N-dealkylation sites (tertiary alicyclic amines) is 2. The van der Waals surface area contributed by atoms with E-state index in [2.05, 4.69) is 17.1 Å². The Labute approximate surface area is 168 Å². The van der Waals surface area contributed by atoms with Gasteiger partial charge in [-0.3, -0.25) is 9.59 Å². The van der Waals surface area contributed by atoms with Crippen LogP contribution >= 0.6 is 0 Å². The summed E-state index contributed by atoms with van der Waals surface area (Å²) in [6.07, 6.45) is 5.49. The van der Waals surface area contributed by atoms with Gasteiger partial charge in [0.15, 0.2) is 0 Å². The SMILES string of the molecule is CCCC(=O)N1CCC(N2CCC(C(=O)Nc3ccc(OC)cc3)CC2)CC1. The lowest BCUT2D eigenvalue weighted by atomic mass is 9.92. The number of amides is 2. The number of piperidine rings is 2. The van der Waals surface area contributed by atoms with Crippen molar-refractivity contribution in [3.8, 4) is 5.75 Å². The second kappa shape index (κ2) is 9.92. The minimum atomic E-state index is 0.0737. The van der Waals surface area contributed by atoms with Crippen LogP contribution in [0, 0.1) is 5.92 Å². The van der Waals surface area contributed by atoms with Gasteiger partial charge in [-0.1, -0.05) is 6.92 Å².